The molecule has 1 fully saturated rings. The number of nitrogens with zero attached hydrogens (tertiary/aromatic N) is 1. The van der Waals surface area contributed by atoms with Gasteiger partial charge in [-0.3, -0.25) is 0 Å². The van der Waals surface area contributed by atoms with Gasteiger partial charge in [-0.05, 0) is 18.6 Å². The molecule has 0 radical (unpaired) electrons. The van der Waals surface area contributed by atoms with Crippen LogP contribution in [0.15, 0.2) is 17.0 Å². The Kier molecular flexibility index (Phi) is 5.45. The lowest BCUT2D eigenvalue weighted by Gasteiger charge is -2.17. The van der Waals surface area contributed by atoms with Gasteiger partial charge in [0.25, 0.3) is 0 Å². The van der Waals surface area contributed by atoms with Crippen molar-refractivity contribution in [2.24, 2.45) is 5.73 Å². The van der Waals surface area contributed by atoms with Crippen molar-refractivity contribution in [2.45, 2.75) is 17.4 Å². The quantitative estimate of drug-likeness (QED) is 0.891. The van der Waals surface area contributed by atoms with Gasteiger partial charge in [0, 0.05) is 19.1 Å². The summed E-state index contributed by atoms with van der Waals surface area (Å²) in [6, 6.07) is 1.66. The Morgan fingerprint density at radius 2 is 1.84 bits per heavy atom. The van der Waals surface area contributed by atoms with Crippen molar-refractivity contribution < 1.29 is 12.8 Å². The van der Waals surface area contributed by atoms with Gasteiger partial charge < -0.3 is 5.73 Å². The monoisotopic (exact) mass is 348 g/mol. The molecule has 0 spiro atoms. The third kappa shape index (κ3) is 3.32. The van der Waals surface area contributed by atoms with Crippen LogP contribution in [0.3, 0.4) is 0 Å². The van der Waals surface area contributed by atoms with Crippen LogP contribution in [0.25, 0.3) is 0 Å². The molecule has 1 aromatic rings. The predicted octanol–water partition coefficient (Wildman–Crippen LogP) is 2.28. The summed E-state index contributed by atoms with van der Waals surface area (Å²) >= 11 is 11.5. The van der Waals surface area contributed by atoms with Gasteiger partial charge in [-0.2, -0.15) is 4.31 Å². The smallest absolute Gasteiger partial charge is 0.246 e. The summed E-state index contributed by atoms with van der Waals surface area (Å²) in [6.45, 7) is 0.528. The Hall–Kier alpha value is -0.110. The van der Waals surface area contributed by atoms with E-state index in [0.717, 1.165) is 12.1 Å². The number of nitrogens with two attached hydrogens (primary N) is 1. The largest absolute Gasteiger partial charge is 0.326 e. The van der Waals surface area contributed by atoms with E-state index in [2.05, 4.69) is 0 Å². The summed E-state index contributed by atoms with van der Waals surface area (Å²) in [4.78, 5) is -0.263. The molecule has 2 rings (SSSR count). The van der Waals surface area contributed by atoms with E-state index in [1.165, 1.54) is 4.31 Å². The van der Waals surface area contributed by atoms with Crippen molar-refractivity contribution in [3.05, 3.63) is 28.0 Å². The molecule has 19 heavy (non-hydrogen) atoms. The minimum atomic E-state index is -3.83. The topological polar surface area (TPSA) is 63.4 Å². The maximum atomic E-state index is 13.0. The molecular weight excluding hydrogens is 338 g/mol. The van der Waals surface area contributed by atoms with Crippen LogP contribution in [0.2, 0.25) is 10.0 Å². The summed E-state index contributed by atoms with van der Waals surface area (Å²) < 4.78 is 38.9. The van der Waals surface area contributed by atoms with E-state index in [0.29, 0.717) is 13.0 Å². The van der Waals surface area contributed by atoms with Gasteiger partial charge in [0.1, 0.15) is 10.7 Å². The van der Waals surface area contributed by atoms with Crippen molar-refractivity contribution in [2.75, 3.05) is 13.1 Å². The number of benzene rings is 1. The second-order valence-electron chi connectivity index (χ2n) is 4.11. The van der Waals surface area contributed by atoms with Gasteiger partial charge in [0.05, 0.1) is 10.0 Å². The standard InChI is InChI=1S/C10H11Cl2FN2O2S.ClH/c11-8-3-6(13)4-9(12)10(8)18(16,17)15-2-1-7(14)5-15;/h3-4,7H,1-2,5,14H2;1H/t7-;/m1./s1. The minimum Gasteiger partial charge on any atom is -0.326 e. The highest BCUT2D eigenvalue weighted by atomic mass is 35.5. The van der Waals surface area contributed by atoms with Crippen LogP contribution < -0.4 is 5.73 Å². The average Bonchev–Trinajstić information content (AvgIpc) is 2.63. The molecule has 1 saturated heterocycles. The summed E-state index contributed by atoms with van der Waals surface area (Å²) in [6.07, 6.45) is 0.579. The Morgan fingerprint density at radius 1 is 1.32 bits per heavy atom. The van der Waals surface area contributed by atoms with Crippen LogP contribution in [0.5, 0.6) is 0 Å². The first-order valence-corrected chi connectivity index (χ1v) is 7.42. The molecule has 1 atom stereocenters. The normalized spacial score (nSPS) is 20.3. The van der Waals surface area contributed by atoms with Gasteiger partial charge in [0.15, 0.2) is 0 Å². The van der Waals surface area contributed by atoms with E-state index in [1.807, 2.05) is 0 Å². The van der Waals surface area contributed by atoms with E-state index in [4.69, 9.17) is 28.9 Å². The summed E-state index contributed by atoms with van der Waals surface area (Å²) in [5, 5.41) is -0.444. The first kappa shape index (κ1) is 16.9. The van der Waals surface area contributed by atoms with E-state index in [1.54, 1.807) is 0 Å². The number of halogens is 4. The molecule has 0 saturated carbocycles. The zero-order valence-corrected chi connectivity index (χ0v) is 12.8. The van der Waals surface area contributed by atoms with Crippen LogP contribution in [-0.2, 0) is 10.0 Å². The van der Waals surface area contributed by atoms with E-state index < -0.39 is 15.8 Å². The van der Waals surface area contributed by atoms with Crippen molar-refractivity contribution in [3.8, 4) is 0 Å². The fraction of sp³-hybridized carbons (Fsp3) is 0.400. The Bertz CT molecular complexity index is 559. The molecule has 2 N–H and O–H groups in total. The molecule has 1 aliphatic rings. The van der Waals surface area contributed by atoms with Gasteiger partial charge in [-0.15, -0.1) is 12.4 Å². The van der Waals surface area contributed by atoms with Crippen LogP contribution in [0.1, 0.15) is 6.42 Å². The highest BCUT2D eigenvalue weighted by Crippen LogP contribution is 2.33. The highest BCUT2D eigenvalue weighted by molar-refractivity contribution is 7.89. The van der Waals surface area contributed by atoms with Crippen molar-refractivity contribution in [1.29, 1.82) is 0 Å². The average molecular weight is 350 g/mol. The molecule has 0 aliphatic carbocycles. The van der Waals surface area contributed by atoms with Gasteiger partial charge >= 0.3 is 0 Å². The predicted molar refractivity (Wildman–Crippen MR) is 75.0 cm³/mol. The number of rotatable bonds is 2. The lowest BCUT2D eigenvalue weighted by Crippen LogP contribution is -2.32. The Labute approximate surface area is 127 Å². The van der Waals surface area contributed by atoms with Crippen molar-refractivity contribution in [3.63, 3.8) is 0 Å². The van der Waals surface area contributed by atoms with E-state index in [-0.39, 0.29) is 39.9 Å². The van der Waals surface area contributed by atoms with Crippen LogP contribution in [0.4, 0.5) is 4.39 Å². The summed E-state index contributed by atoms with van der Waals surface area (Å²) in [5.41, 5.74) is 5.67. The molecule has 0 bridgehead atoms. The first-order chi connectivity index (χ1) is 8.32. The zero-order valence-electron chi connectivity index (χ0n) is 9.64. The number of hydrogen-bond acceptors (Lipinski definition) is 3. The number of sulfonamides is 1. The van der Waals surface area contributed by atoms with E-state index >= 15 is 0 Å². The minimum absolute atomic E-state index is 0. The highest BCUT2D eigenvalue weighted by Gasteiger charge is 2.34. The van der Waals surface area contributed by atoms with Crippen LogP contribution in [-0.4, -0.2) is 31.9 Å². The molecule has 4 nitrogen and oxygen atoms in total. The zero-order chi connectivity index (χ0) is 13.5. The lowest BCUT2D eigenvalue weighted by molar-refractivity contribution is 0.472. The molecule has 9 heteroatoms. The summed E-state index contributed by atoms with van der Waals surface area (Å²) in [5.74, 6) is -0.679. The van der Waals surface area contributed by atoms with Crippen molar-refractivity contribution >= 4 is 45.6 Å². The second-order valence-corrected chi connectivity index (χ2v) is 6.80. The molecule has 1 aromatic carbocycles. The molecule has 108 valence electrons. The fourth-order valence-electron chi connectivity index (χ4n) is 1.88. The molecule has 0 unspecified atom stereocenters. The molecular formula is C10H12Cl3FN2O2S. The van der Waals surface area contributed by atoms with Crippen LogP contribution in [0, 0.1) is 5.82 Å². The molecule has 1 aliphatic heterocycles. The Balaban J connectivity index is 0.00000180. The van der Waals surface area contributed by atoms with E-state index in [9.17, 15) is 12.8 Å². The van der Waals surface area contributed by atoms with Gasteiger partial charge in [-0.1, -0.05) is 23.2 Å². The maximum Gasteiger partial charge on any atom is 0.246 e. The summed E-state index contributed by atoms with van der Waals surface area (Å²) in [7, 11) is -3.83. The molecule has 0 amide bonds. The SMILES string of the molecule is Cl.N[C@@H]1CCN(S(=O)(=O)c2c(Cl)cc(F)cc2Cl)C1. The first-order valence-electron chi connectivity index (χ1n) is 5.22. The third-order valence-corrected chi connectivity index (χ3v) is 5.54. The second kappa shape index (κ2) is 6.11. The van der Waals surface area contributed by atoms with Crippen molar-refractivity contribution in [1.82, 2.24) is 4.31 Å². The Morgan fingerprint density at radius 3 is 2.26 bits per heavy atom. The van der Waals surface area contributed by atoms with Gasteiger partial charge in [0.2, 0.25) is 10.0 Å². The third-order valence-electron chi connectivity index (χ3n) is 2.75. The fourth-order valence-corrected chi connectivity index (χ4v) is 4.52. The maximum absolute atomic E-state index is 13.0. The lowest BCUT2D eigenvalue weighted by atomic mass is 10.3. The number of hydrogen-bond donors (Lipinski definition) is 1. The van der Waals surface area contributed by atoms with Gasteiger partial charge in [-0.25, -0.2) is 12.8 Å². The molecule has 0 aromatic heterocycles. The molecule has 1 heterocycles. The van der Waals surface area contributed by atoms with Crippen LogP contribution >= 0.6 is 35.6 Å².